The Hall–Kier alpha value is -1.91. The van der Waals surface area contributed by atoms with Crippen molar-refractivity contribution < 1.29 is 4.39 Å². The molecule has 16 heavy (non-hydrogen) atoms. The average molecular weight is 221 g/mol. The minimum Gasteiger partial charge on any atom is -0.293 e. The SMILES string of the molecule is CCn1[nH]c(-c2ncc(C)cc2F)cc1=O. The van der Waals surface area contributed by atoms with Crippen LogP contribution in [0.4, 0.5) is 4.39 Å². The topological polar surface area (TPSA) is 50.7 Å². The van der Waals surface area contributed by atoms with Gasteiger partial charge in [-0.25, -0.2) is 4.39 Å². The summed E-state index contributed by atoms with van der Waals surface area (Å²) in [6, 6.07) is 2.74. The van der Waals surface area contributed by atoms with Gasteiger partial charge in [0.1, 0.15) is 5.69 Å². The summed E-state index contributed by atoms with van der Waals surface area (Å²) in [5.41, 5.74) is 1.15. The monoisotopic (exact) mass is 221 g/mol. The van der Waals surface area contributed by atoms with Crippen molar-refractivity contribution in [3.63, 3.8) is 0 Å². The fourth-order valence-electron chi connectivity index (χ4n) is 1.52. The zero-order valence-electron chi connectivity index (χ0n) is 9.12. The Morgan fingerprint density at radius 2 is 2.25 bits per heavy atom. The lowest BCUT2D eigenvalue weighted by Gasteiger charge is -2.00. The third kappa shape index (κ3) is 1.76. The molecule has 0 aliphatic carbocycles. The molecule has 0 aliphatic rings. The van der Waals surface area contributed by atoms with Crippen molar-refractivity contribution in [1.29, 1.82) is 0 Å². The molecule has 2 aromatic rings. The highest BCUT2D eigenvalue weighted by Crippen LogP contribution is 2.17. The number of hydrogen-bond donors (Lipinski definition) is 1. The molecule has 84 valence electrons. The van der Waals surface area contributed by atoms with Gasteiger partial charge in [0.2, 0.25) is 0 Å². The predicted octanol–water partition coefficient (Wildman–Crippen LogP) is 1.71. The van der Waals surface area contributed by atoms with E-state index in [4.69, 9.17) is 0 Å². The van der Waals surface area contributed by atoms with E-state index in [1.54, 1.807) is 13.1 Å². The molecule has 2 rings (SSSR count). The van der Waals surface area contributed by atoms with Crippen LogP contribution in [0, 0.1) is 12.7 Å². The lowest BCUT2D eigenvalue weighted by Crippen LogP contribution is -2.13. The Morgan fingerprint density at radius 1 is 1.50 bits per heavy atom. The molecule has 5 heteroatoms. The molecule has 0 aromatic carbocycles. The van der Waals surface area contributed by atoms with Crippen molar-refractivity contribution in [1.82, 2.24) is 14.8 Å². The van der Waals surface area contributed by atoms with Crippen molar-refractivity contribution in [2.45, 2.75) is 20.4 Å². The largest absolute Gasteiger partial charge is 0.293 e. The third-order valence-corrected chi connectivity index (χ3v) is 2.34. The number of hydrogen-bond acceptors (Lipinski definition) is 2. The molecule has 0 spiro atoms. The molecule has 2 aromatic heterocycles. The van der Waals surface area contributed by atoms with E-state index in [9.17, 15) is 9.18 Å². The van der Waals surface area contributed by atoms with Crippen LogP contribution in [0.1, 0.15) is 12.5 Å². The molecule has 0 saturated carbocycles. The van der Waals surface area contributed by atoms with E-state index in [2.05, 4.69) is 10.1 Å². The Morgan fingerprint density at radius 3 is 2.81 bits per heavy atom. The first-order chi connectivity index (χ1) is 7.61. The summed E-state index contributed by atoms with van der Waals surface area (Å²) >= 11 is 0. The van der Waals surface area contributed by atoms with Crippen molar-refractivity contribution in [2.24, 2.45) is 0 Å². The second kappa shape index (κ2) is 3.92. The lowest BCUT2D eigenvalue weighted by atomic mass is 10.2. The van der Waals surface area contributed by atoms with E-state index in [0.717, 1.165) is 5.56 Å². The number of nitrogens with zero attached hydrogens (tertiary/aromatic N) is 2. The highest BCUT2D eigenvalue weighted by atomic mass is 19.1. The molecule has 0 radical (unpaired) electrons. The lowest BCUT2D eigenvalue weighted by molar-refractivity contribution is 0.617. The van der Waals surface area contributed by atoms with Gasteiger partial charge in [-0.15, -0.1) is 0 Å². The maximum Gasteiger partial charge on any atom is 0.267 e. The molecule has 0 unspecified atom stereocenters. The standard InChI is InChI=1S/C11H12FN3O/c1-3-15-10(16)5-9(14-15)11-8(12)4-7(2)6-13-11/h4-6,14H,3H2,1-2H3. The van der Waals surface area contributed by atoms with E-state index in [0.29, 0.717) is 12.2 Å². The van der Waals surface area contributed by atoms with Crippen LogP contribution in [0.2, 0.25) is 0 Å². The van der Waals surface area contributed by atoms with Crippen LogP contribution >= 0.6 is 0 Å². The van der Waals surface area contributed by atoms with Crippen molar-refractivity contribution in [2.75, 3.05) is 0 Å². The second-order valence-corrected chi connectivity index (χ2v) is 3.60. The summed E-state index contributed by atoms with van der Waals surface area (Å²) in [4.78, 5) is 15.4. The first-order valence-corrected chi connectivity index (χ1v) is 5.04. The Kier molecular flexibility index (Phi) is 2.60. The Balaban J connectivity index is 2.54. The summed E-state index contributed by atoms with van der Waals surface area (Å²) < 4.78 is 15.0. The fraction of sp³-hybridized carbons (Fsp3) is 0.273. The normalized spacial score (nSPS) is 10.7. The van der Waals surface area contributed by atoms with Crippen LogP contribution in [0.25, 0.3) is 11.4 Å². The average Bonchev–Trinajstić information content (AvgIpc) is 2.59. The van der Waals surface area contributed by atoms with Gasteiger partial charge >= 0.3 is 0 Å². The molecule has 4 nitrogen and oxygen atoms in total. The summed E-state index contributed by atoms with van der Waals surface area (Å²) in [5.74, 6) is -0.426. The Bertz CT molecular complexity index is 571. The maximum absolute atomic E-state index is 13.6. The van der Waals surface area contributed by atoms with Gasteiger partial charge in [0.15, 0.2) is 5.82 Å². The molecule has 1 N–H and O–H groups in total. The molecule has 0 amide bonds. The zero-order chi connectivity index (χ0) is 11.7. The van der Waals surface area contributed by atoms with E-state index in [1.807, 2.05) is 6.92 Å². The second-order valence-electron chi connectivity index (χ2n) is 3.60. The predicted molar refractivity (Wildman–Crippen MR) is 58.7 cm³/mol. The summed E-state index contributed by atoms with van der Waals surface area (Å²) in [7, 11) is 0. The van der Waals surface area contributed by atoms with Crippen LogP contribution in [0.15, 0.2) is 23.1 Å². The number of aromatic nitrogens is 3. The van der Waals surface area contributed by atoms with Gasteiger partial charge < -0.3 is 0 Å². The minimum absolute atomic E-state index is 0.176. The van der Waals surface area contributed by atoms with Gasteiger partial charge in [0.25, 0.3) is 5.56 Å². The molecule has 0 bridgehead atoms. The molecular formula is C11H12FN3O. The van der Waals surface area contributed by atoms with Crippen LogP contribution in [0.3, 0.4) is 0 Å². The first-order valence-electron chi connectivity index (χ1n) is 5.04. The van der Waals surface area contributed by atoms with Crippen LogP contribution in [-0.2, 0) is 6.54 Å². The van der Waals surface area contributed by atoms with Gasteiger partial charge in [-0.05, 0) is 25.5 Å². The van der Waals surface area contributed by atoms with Crippen molar-refractivity contribution in [3.8, 4) is 11.4 Å². The van der Waals surface area contributed by atoms with Gasteiger partial charge in [0, 0.05) is 18.8 Å². The summed E-state index contributed by atoms with van der Waals surface area (Å²) in [6.07, 6.45) is 1.57. The number of nitrogens with one attached hydrogen (secondary N) is 1. The molecule has 0 saturated heterocycles. The van der Waals surface area contributed by atoms with E-state index in [-0.39, 0.29) is 11.3 Å². The van der Waals surface area contributed by atoms with Crippen LogP contribution < -0.4 is 5.56 Å². The molecule has 2 heterocycles. The van der Waals surface area contributed by atoms with E-state index >= 15 is 0 Å². The molecule has 0 aliphatic heterocycles. The summed E-state index contributed by atoms with van der Waals surface area (Å²) in [6.45, 7) is 4.12. The molecule has 0 atom stereocenters. The number of aromatic amines is 1. The smallest absolute Gasteiger partial charge is 0.267 e. The number of H-pyrrole nitrogens is 1. The number of aryl methyl sites for hydroxylation is 2. The number of pyridine rings is 1. The van der Waals surface area contributed by atoms with Gasteiger partial charge in [0.05, 0.1) is 5.69 Å². The van der Waals surface area contributed by atoms with Gasteiger partial charge in [-0.2, -0.15) is 0 Å². The van der Waals surface area contributed by atoms with Crippen molar-refractivity contribution >= 4 is 0 Å². The molecule has 0 fully saturated rings. The van der Waals surface area contributed by atoms with Gasteiger partial charge in [-0.1, -0.05) is 0 Å². The third-order valence-electron chi connectivity index (χ3n) is 2.34. The van der Waals surface area contributed by atoms with E-state index < -0.39 is 5.82 Å². The van der Waals surface area contributed by atoms with E-state index in [1.165, 1.54) is 16.8 Å². The quantitative estimate of drug-likeness (QED) is 0.839. The van der Waals surface area contributed by atoms with Crippen molar-refractivity contribution in [3.05, 3.63) is 40.1 Å². The number of rotatable bonds is 2. The maximum atomic E-state index is 13.6. The molecular weight excluding hydrogens is 209 g/mol. The van der Waals surface area contributed by atoms with Crippen LogP contribution in [-0.4, -0.2) is 14.8 Å². The number of halogens is 1. The zero-order valence-corrected chi connectivity index (χ0v) is 9.12. The first kappa shape index (κ1) is 10.6. The minimum atomic E-state index is -0.426. The van der Waals surface area contributed by atoms with Crippen LogP contribution in [0.5, 0.6) is 0 Å². The highest BCUT2D eigenvalue weighted by Gasteiger charge is 2.10. The summed E-state index contributed by atoms with van der Waals surface area (Å²) in [5, 5.41) is 2.81. The van der Waals surface area contributed by atoms with Gasteiger partial charge in [-0.3, -0.25) is 19.6 Å². The fourth-order valence-corrected chi connectivity index (χ4v) is 1.52. The Labute approximate surface area is 91.7 Å². The highest BCUT2D eigenvalue weighted by molar-refractivity contribution is 5.54.